The van der Waals surface area contributed by atoms with E-state index in [1.807, 2.05) is 24.0 Å². The highest BCUT2D eigenvalue weighted by molar-refractivity contribution is 8.12. The van der Waals surface area contributed by atoms with Crippen LogP contribution in [-0.4, -0.2) is 71.8 Å². The summed E-state index contributed by atoms with van der Waals surface area (Å²) in [5.74, 6) is -0.578. The van der Waals surface area contributed by atoms with Crippen LogP contribution in [0.1, 0.15) is 26.3 Å². The normalized spacial score (nSPS) is 21.3. The lowest BCUT2D eigenvalue weighted by Gasteiger charge is -2.40. The first kappa shape index (κ1) is 25.8. The Bertz CT molecular complexity index is 943. The predicted molar refractivity (Wildman–Crippen MR) is 131 cm³/mol. The van der Waals surface area contributed by atoms with Gasteiger partial charge in [-0.05, 0) is 31.5 Å². The Kier molecular flexibility index (Phi) is 9.46. The van der Waals surface area contributed by atoms with Crippen molar-refractivity contribution < 1.29 is 19.1 Å². The van der Waals surface area contributed by atoms with Crippen molar-refractivity contribution in [1.82, 2.24) is 14.5 Å². The van der Waals surface area contributed by atoms with E-state index in [-0.39, 0.29) is 24.7 Å². The zero-order valence-corrected chi connectivity index (χ0v) is 21.2. The lowest BCUT2D eigenvalue weighted by Crippen LogP contribution is -2.52. The number of hydrogen-bond donors (Lipinski definition) is 1. The molecule has 180 valence electrons. The third-order valence-corrected chi connectivity index (χ3v) is 6.94. The SMILES string of the molecule is CCOC(=O)C1=CN=C(SNC(C)=O)N(C[C@@H]2CN(Cc3ccc(Cl)c(Cl)c3)CCO2)C1C. The third kappa shape index (κ3) is 7.10. The Balaban J connectivity index is 1.70. The zero-order valence-electron chi connectivity index (χ0n) is 18.8. The van der Waals surface area contributed by atoms with Crippen molar-refractivity contribution in [3.8, 4) is 0 Å². The maximum atomic E-state index is 12.4. The molecule has 2 aliphatic rings. The molecule has 11 heteroatoms. The van der Waals surface area contributed by atoms with Gasteiger partial charge < -0.3 is 14.4 Å². The largest absolute Gasteiger partial charge is 0.463 e. The Morgan fingerprint density at radius 2 is 2.12 bits per heavy atom. The summed E-state index contributed by atoms with van der Waals surface area (Å²) in [7, 11) is 0. The fourth-order valence-electron chi connectivity index (χ4n) is 3.67. The van der Waals surface area contributed by atoms with Gasteiger partial charge in [0.25, 0.3) is 0 Å². The number of carbonyl (C=O) groups is 2. The summed E-state index contributed by atoms with van der Waals surface area (Å²) in [4.78, 5) is 32.5. The number of morpholine rings is 1. The van der Waals surface area contributed by atoms with Crippen molar-refractivity contribution in [3.63, 3.8) is 0 Å². The average molecular weight is 515 g/mol. The van der Waals surface area contributed by atoms with Gasteiger partial charge in [-0.1, -0.05) is 29.3 Å². The first-order valence-electron chi connectivity index (χ1n) is 10.7. The van der Waals surface area contributed by atoms with Gasteiger partial charge >= 0.3 is 5.97 Å². The van der Waals surface area contributed by atoms with Crippen molar-refractivity contribution in [3.05, 3.63) is 45.6 Å². The van der Waals surface area contributed by atoms with Crippen molar-refractivity contribution in [1.29, 1.82) is 0 Å². The summed E-state index contributed by atoms with van der Waals surface area (Å²) in [6, 6.07) is 5.37. The van der Waals surface area contributed by atoms with Gasteiger partial charge in [0, 0.05) is 51.3 Å². The smallest absolute Gasteiger partial charge is 0.337 e. The highest BCUT2D eigenvalue weighted by Crippen LogP contribution is 2.26. The lowest BCUT2D eigenvalue weighted by atomic mass is 10.1. The van der Waals surface area contributed by atoms with Crippen molar-refractivity contribution in [2.24, 2.45) is 4.99 Å². The van der Waals surface area contributed by atoms with Crippen LogP contribution in [0, 0.1) is 0 Å². The summed E-state index contributed by atoms with van der Waals surface area (Å²) in [5, 5.41) is 1.67. The van der Waals surface area contributed by atoms with Gasteiger partial charge in [-0.3, -0.25) is 14.4 Å². The lowest BCUT2D eigenvalue weighted by molar-refractivity contribution is -0.139. The summed E-state index contributed by atoms with van der Waals surface area (Å²) in [6.45, 7) is 8.71. The van der Waals surface area contributed by atoms with Crippen molar-refractivity contribution in [2.75, 3.05) is 32.8 Å². The predicted octanol–water partition coefficient (Wildman–Crippen LogP) is 3.49. The number of amides is 1. The third-order valence-electron chi connectivity index (χ3n) is 5.29. The van der Waals surface area contributed by atoms with Gasteiger partial charge in [0.15, 0.2) is 5.17 Å². The number of hydrogen-bond acceptors (Lipinski definition) is 8. The molecule has 1 aromatic rings. The number of rotatable bonds is 6. The number of nitrogens with one attached hydrogen (secondary N) is 1. The standard InChI is InChI=1S/C22H28Cl2N4O4S/c1-4-31-21(30)18-10-25-22(33-26-15(3)29)28(14(18)2)13-17-12-27(7-8-32-17)11-16-5-6-19(23)20(24)9-16/h5-6,9-10,14,17H,4,7-8,11-13H2,1-3H3,(H,26,29)/t14?,17-/m0/s1. The van der Waals surface area contributed by atoms with Gasteiger partial charge in [0.2, 0.25) is 5.91 Å². The molecule has 1 saturated heterocycles. The van der Waals surface area contributed by atoms with E-state index < -0.39 is 5.97 Å². The topological polar surface area (TPSA) is 83.5 Å². The quantitative estimate of drug-likeness (QED) is 0.459. The van der Waals surface area contributed by atoms with E-state index in [0.717, 1.165) is 30.6 Å². The fourth-order valence-corrected chi connectivity index (χ4v) is 4.68. The van der Waals surface area contributed by atoms with Crippen LogP contribution in [0.15, 0.2) is 35.0 Å². The van der Waals surface area contributed by atoms with E-state index in [4.69, 9.17) is 32.7 Å². The molecule has 33 heavy (non-hydrogen) atoms. The van der Waals surface area contributed by atoms with E-state index in [0.29, 0.717) is 40.5 Å². The van der Waals surface area contributed by atoms with Crippen LogP contribution >= 0.6 is 35.1 Å². The van der Waals surface area contributed by atoms with Gasteiger partial charge in [0.1, 0.15) is 0 Å². The molecule has 0 radical (unpaired) electrons. The molecule has 0 aliphatic carbocycles. The van der Waals surface area contributed by atoms with E-state index >= 15 is 0 Å². The second-order valence-corrected chi connectivity index (χ2v) is 9.37. The molecule has 1 amide bonds. The summed E-state index contributed by atoms with van der Waals surface area (Å²) in [5.41, 5.74) is 1.54. The van der Waals surface area contributed by atoms with Crippen LogP contribution in [0.3, 0.4) is 0 Å². The Hall–Kier alpha value is -1.78. The highest BCUT2D eigenvalue weighted by atomic mass is 35.5. The number of nitrogens with zero attached hydrogens (tertiary/aromatic N) is 3. The monoisotopic (exact) mass is 514 g/mol. The van der Waals surface area contributed by atoms with Gasteiger partial charge in [-0.25, -0.2) is 9.79 Å². The Morgan fingerprint density at radius 3 is 2.82 bits per heavy atom. The maximum Gasteiger partial charge on any atom is 0.337 e. The number of aliphatic imine (C=N–C) groups is 1. The minimum atomic E-state index is -0.395. The van der Waals surface area contributed by atoms with Crippen LogP contribution in [0.4, 0.5) is 0 Å². The van der Waals surface area contributed by atoms with Crippen LogP contribution in [-0.2, 0) is 25.6 Å². The van der Waals surface area contributed by atoms with E-state index in [9.17, 15) is 9.59 Å². The van der Waals surface area contributed by atoms with E-state index in [1.165, 1.54) is 13.1 Å². The minimum absolute atomic E-state index is 0.117. The summed E-state index contributed by atoms with van der Waals surface area (Å²) in [6.07, 6.45) is 1.40. The zero-order chi connectivity index (χ0) is 24.0. The molecular formula is C22H28Cl2N4O4S. The summed E-state index contributed by atoms with van der Waals surface area (Å²) < 4.78 is 13.9. The second kappa shape index (κ2) is 12.1. The van der Waals surface area contributed by atoms with Crippen LogP contribution in [0.25, 0.3) is 0 Å². The molecule has 0 bridgehead atoms. The second-order valence-electron chi connectivity index (χ2n) is 7.78. The minimum Gasteiger partial charge on any atom is -0.463 e. The molecule has 2 heterocycles. The molecule has 3 rings (SSSR count). The highest BCUT2D eigenvalue weighted by Gasteiger charge is 2.33. The van der Waals surface area contributed by atoms with Gasteiger partial charge in [0.05, 0.1) is 41.0 Å². The Labute approximate surface area is 208 Å². The maximum absolute atomic E-state index is 12.4. The molecule has 2 atom stereocenters. The van der Waals surface area contributed by atoms with Crippen molar-refractivity contribution in [2.45, 2.75) is 39.5 Å². The van der Waals surface area contributed by atoms with Crippen LogP contribution in [0.2, 0.25) is 10.0 Å². The molecule has 1 aromatic carbocycles. The van der Waals surface area contributed by atoms with E-state index in [2.05, 4.69) is 14.6 Å². The number of benzene rings is 1. The molecule has 0 spiro atoms. The van der Waals surface area contributed by atoms with Gasteiger partial charge in [-0.2, -0.15) is 0 Å². The number of amidine groups is 1. The van der Waals surface area contributed by atoms with Crippen molar-refractivity contribution >= 4 is 52.2 Å². The van der Waals surface area contributed by atoms with E-state index in [1.54, 1.807) is 13.0 Å². The van der Waals surface area contributed by atoms with Gasteiger partial charge in [-0.15, -0.1) is 0 Å². The molecule has 0 saturated carbocycles. The Morgan fingerprint density at radius 1 is 1.33 bits per heavy atom. The first-order valence-corrected chi connectivity index (χ1v) is 12.3. The average Bonchev–Trinajstić information content (AvgIpc) is 2.77. The van der Waals surface area contributed by atoms with Crippen LogP contribution in [0.5, 0.6) is 0 Å². The molecule has 8 nitrogen and oxygen atoms in total. The molecule has 0 aromatic heterocycles. The van der Waals surface area contributed by atoms with Crippen LogP contribution < -0.4 is 4.72 Å². The number of esters is 1. The summed E-state index contributed by atoms with van der Waals surface area (Å²) >= 11 is 13.3. The molecule has 1 N–H and O–H groups in total. The number of ether oxygens (including phenoxy) is 2. The first-order chi connectivity index (χ1) is 15.8. The number of halogens is 2. The number of carbonyl (C=O) groups excluding carboxylic acids is 2. The molecule has 1 unspecified atom stereocenters. The molecule has 1 fully saturated rings. The molecule has 2 aliphatic heterocycles. The molecular weight excluding hydrogens is 487 g/mol. The fraction of sp³-hybridized carbons (Fsp3) is 0.500.